The minimum Gasteiger partial charge on any atom is -0.318 e. The number of hydrogen-bond donors (Lipinski definition) is 0. The summed E-state index contributed by atoms with van der Waals surface area (Å²) in [6.45, 7) is 3.76. The minimum atomic E-state index is -1.01. The molecule has 1 aliphatic rings. The second kappa shape index (κ2) is 1.67. The fourth-order valence-corrected chi connectivity index (χ4v) is 0.602. The molecule has 46 valence electrons. The van der Waals surface area contributed by atoms with Crippen LogP contribution >= 0.6 is 11.6 Å². The van der Waals surface area contributed by atoms with Gasteiger partial charge in [0.05, 0.1) is 6.10 Å². The lowest BCUT2D eigenvalue weighted by Crippen LogP contribution is -2.13. The van der Waals surface area contributed by atoms with Gasteiger partial charge in [-0.1, -0.05) is 0 Å². The first kappa shape index (κ1) is 5.98. The van der Waals surface area contributed by atoms with E-state index in [1.165, 1.54) is 0 Å². The fraction of sp³-hybridized carbons (Fsp3) is 1.00. The van der Waals surface area contributed by atoms with Crippen molar-refractivity contribution in [1.29, 1.82) is 0 Å². The van der Waals surface area contributed by atoms with Gasteiger partial charge < -0.3 is 4.74 Å². The highest BCUT2D eigenvalue weighted by Gasteiger charge is 2.39. The molecular weight excluding hydrogens is 128 g/mol. The third-order valence-electron chi connectivity index (χ3n) is 0.643. The van der Waals surface area contributed by atoms with Crippen LogP contribution in [0.15, 0.2) is 10.2 Å². The van der Waals surface area contributed by atoms with Crippen LogP contribution < -0.4 is 0 Å². The summed E-state index contributed by atoms with van der Waals surface area (Å²) in [5.41, 5.74) is 0. The molecule has 0 spiro atoms. The maximum Gasteiger partial charge on any atom is 0.375 e. The van der Waals surface area contributed by atoms with Crippen molar-refractivity contribution in [1.82, 2.24) is 0 Å². The summed E-state index contributed by atoms with van der Waals surface area (Å²) in [5.74, 6) is 0. The molecule has 0 aromatic heterocycles. The van der Waals surface area contributed by atoms with Crippen molar-refractivity contribution in [3.8, 4) is 0 Å². The van der Waals surface area contributed by atoms with E-state index >= 15 is 0 Å². The molecule has 4 heteroatoms. The summed E-state index contributed by atoms with van der Waals surface area (Å²) >= 11 is 5.48. The standard InChI is InChI=1S/C4H7ClN2O/c1-3(2)8-4(5)6-7-4/h3H,1-2H3. The molecule has 0 amide bonds. The van der Waals surface area contributed by atoms with E-state index in [1.807, 2.05) is 13.8 Å². The van der Waals surface area contributed by atoms with Crippen LogP contribution in [-0.4, -0.2) is 11.4 Å². The Hall–Kier alpha value is -0.150. The van der Waals surface area contributed by atoms with Gasteiger partial charge >= 0.3 is 5.31 Å². The first-order chi connectivity index (χ1) is 3.62. The van der Waals surface area contributed by atoms with E-state index in [0.29, 0.717) is 0 Å². The van der Waals surface area contributed by atoms with Crippen molar-refractivity contribution in [2.75, 3.05) is 0 Å². The first-order valence-corrected chi connectivity index (χ1v) is 2.81. The zero-order chi connectivity index (χ0) is 6.20. The van der Waals surface area contributed by atoms with Crippen LogP contribution in [0.1, 0.15) is 13.8 Å². The first-order valence-electron chi connectivity index (χ1n) is 2.43. The third-order valence-corrected chi connectivity index (χ3v) is 0.883. The summed E-state index contributed by atoms with van der Waals surface area (Å²) in [4.78, 5) is 0. The molecule has 0 bridgehead atoms. The summed E-state index contributed by atoms with van der Waals surface area (Å²) in [6, 6.07) is 0. The SMILES string of the molecule is CC(C)OC1(Cl)N=N1. The third kappa shape index (κ3) is 1.42. The Morgan fingerprint density at radius 3 is 2.12 bits per heavy atom. The minimum absolute atomic E-state index is 0.0856. The van der Waals surface area contributed by atoms with Crippen molar-refractivity contribution in [3.63, 3.8) is 0 Å². The molecule has 1 heterocycles. The fourth-order valence-electron chi connectivity index (χ4n) is 0.386. The van der Waals surface area contributed by atoms with Crippen LogP contribution in [0.2, 0.25) is 0 Å². The van der Waals surface area contributed by atoms with Crippen molar-refractivity contribution in [2.24, 2.45) is 10.2 Å². The van der Waals surface area contributed by atoms with Crippen LogP contribution in [0.5, 0.6) is 0 Å². The van der Waals surface area contributed by atoms with Crippen LogP contribution in [0.4, 0.5) is 0 Å². The van der Waals surface area contributed by atoms with Gasteiger partial charge in [0.15, 0.2) is 0 Å². The number of nitrogens with zero attached hydrogens (tertiary/aromatic N) is 2. The normalized spacial score (nSPS) is 22.0. The smallest absolute Gasteiger partial charge is 0.318 e. The van der Waals surface area contributed by atoms with E-state index in [4.69, 9.17) is 16.3 Å². The van der Waals surface area contributed by atoms with Gasteiger partial charge in [0.2, 0.25) is 0 Å². The highest BCUT2D eigenvalue weighted by atomic mass is 35.5. The van der Waals surface area contributed by atoms with Gasteiger partial charge in [-0.25, -0.2) is 0 Å². The number of hydrogen-bond acceptors (Lipinski definition) is 3. The molecule has 1 rings (SSSR count). The lowest BCUT2D eigenvalue weighted by Gasteiger charge is -2.05. The van der Waals surface area contributed by atoms with E-state index in [9.17, 15) is 0 Å². The summed E-state index contributed by atoms with van der Waals surface area (Å²) in [5, 5.41) is 5.88. The van der Waals surface area contributed by atoms with E-state index in [0.717, 1.165) is 0 Å². The molecule has 0 aromatic carbocycles. The van der Waals surface area contributed by atoms with Crippen LogP contribution in [0.3, 0.4) is 0 Å². The number of rotatable bonds is 2. The molecule has 0 N–H and O–H groups in total. The van der Waals surface area contributed by atoms with Gasteiger partial charge in [0, 0.05) is 0 Å². The van der Waals surface area contributed by atoms with Crippen molar-refractivity contribution < 1.29 is 4.74 Å². The largest absolute Gasteiger partial charge is 0.375 e. The molecule has 0 aromatic rings. The molecule has 1 aliphatic heterocycles. The average molecular weight is 135 g/mol. The second-order valence-electron chi connectivity index (χ2n) is 1.90. The maximum atomic E-state index is 5.48. The predicted molar refractivity (Wildman–Crippen MR) is 29.7 cm³/mol. The van der Waals surface area contributed by atoms with Crippen LogP contribution in [0, 0.1) is 0 Å². The molecule has 0 fully saturated rings. The van der Waals surface area contributed by atoms with Gasteiger partial charge in [-0.3, -0.25) is 0 Å². The molecular formula is C4H7ClN2O. The number of halogens is 1. The topological polar surface area (TPSA) is 34.0 Å². The van der Waals surface area contributed by atoms with Gasteiger partial charge in [0.1, 0.15) is 0 Å². The zero-order valence-electron chi connectivity index (χ0n) is 4.76. The monoisotopic (exact) mass is 134 g/mol. The summed E-state index contributed by atoms with van der Waals surface area (Å²) in [6.07, 6.45) is 0.0856. The molecule has 0 unspecified atom stereocenters. The van der Waals surface area contributed by atoms with E-state index in [-0.39, 0.29) is 6.10 Å². The molecule has 0 aliphatic carbocycles. The highest BCUT2D eigenvalue weighted by molar-refractivity contribution is 6.23. The van der Waals surface area contributed by atoms with Crippen molar-refractivity contribution in [3.05, 3.63) is 0 Å². The van der Waals surface area contributed by atoms with Gasteiger partial charge in [-0.15, -0.1) is 10.2 Å². The van der Waals surface area contributed by atoms with Gasteiger partial charge in [0.25, 0.3) is 0 Å². The molecule has 0 radical (unpaired) electrons. The Morgan fingerprint density at radius 1 is 1.50 bits per heavy atom. The van der Waals surface area contributed by atoms with E-state index in [1.54, 1.807) is 0 Å². The molecule has 8 heavy (non-hydrogen) atoms. The number of ether oxygens (including phenoxy) is 1. The van der Waals surface area contributed by atoms with Crippen molar-refractivity contribution >= 4 is 11.6 Å². The lowest BCUT2D eigenvalue weighted by atomic mass is 10.5. The van der Waals surface area contributed by atoms with Crippen molar-refractivity contribution in [2.45, 2.75) is 25.3 Å². The molecule has 0 atom stereocenters. The maximum absolute atomic E-state index is 5.48. The molecule has 0 saturated carbocycles. The van der Waals surface area contributed by atoms with E-state index < -0.39 is 5.31 Å². The molecule has 3 nitrogen and oxygen atoms in total. The van der Waals surface area contributed by atoms with Crippen LogP contribution in [0.25, 0.3) is 0 Å². The summed E-state index contributed by atoms with van der Waals surface area (Å²) in [7, 11) is 0. The Bertz CT molecular complexity index is 117. The Morgan fingerprint density at radius 2 is 2.00 bits per heavy atom. The summed E-state index contributed by atoms with van der Waals surface area (Å²) < 4.78 is 4.98. The van der Waals surface area contributed by atoms with Gasteiger partial charge in [-0.2, -0.15) is 0 Å². The van der Waals surface area contributed by atoms with Crippen LogP contribution in [-0.2, 0) is 4.74 Å². The second-order valence-corrected chi connectivity index (χ2v) is 2.39. The lowest BCUT2D eigenvalue weighted by molar-refractivity contribution is 0.0288. The average Bonchev–Trinajstić information content (AvgIpc) is 2.17. The predicted octanol–water partition coefficient (Wildman–Crippen LogP) is 1.73. The Kier molecular flexibility index (Phi) is 1.25. The Balaban J connectivity index is 2.20. The Labute approximate surface area is 52.7 Å². The molecule has 0 saturated heterocycles. The highest BCUT2D eigenvalue weighted by Crippen LogP contribution is 2.34. The zero-order valence-corrected chi connectivity index (χ0v) is 5.51. The quantitative estimate of drug-likeness (QED) is 0.418. The van der Waals surface area contributed by atoms with E-state index in [2.05, 4.69) is 10.2 Å². The van der Waals surface area contributed by atoms with Gasteiger partial charge in [-0.05, 0) is 25.4 Å². The number of alkyl halides is 1.